The van der Waals surface area contributed by atoms with Crippen molar-refractivity contribution in [1.82, 2.24) is 9.97 Å². The summed E-state index contributed by atoms with van der Waals surface area (Å²) in [7, 11) is 4.04. The summed E-state index contributed by atoms with van der Waals surface area (Å²) in [5.41, 5.74) is 2.99. The second-order valence-corrected chi connectivity index (χ2v) is 5.65. The first-order valence-corrected chi connectivity index (χ1v) is 7.83. The lowest BCUT2D eigenvalue weighted by Crippen LogP contribution is -2.08. The second kappa shape index (κ2) is 7.00. The Morgan fingerprint density at radius 3 is 2.50 bits per heavy atom. The lowest BCUT2D eigenvalue weighted by atomic mass is 10.2. The van der Waals surface area contributed by atoms with Crippen molar-refractivity contribution in [3.8, 4) is 0 Å². The van der Waals surface area contributed by atoms with Crippen LogP contribution in [0.1, 0.15) is 0 Å². The minimum atomic E-state index is 0.567. The summed E-state index contributed by atoms with van der Waals surface area (Å²) in [6.07, 6.45) is 1.81. The Labute approximate surface area is 142 Å². The molecule has 0 aliphatic heterocycles. The highest BCUT2D eigenvalue weighted by molar-refractivity contribution is 5.90. The molecule has 0 atom stereocenters. The van der Waals surface area contributed by atoms with E-state index in [0.29, 0.717) is 12.5 Å². The fourth-order valence-electron chi connectivity index (χ4n) is 2.41. The smallest absolute Gasteiger partial charge is 0.229 e. The number of fused-ring (bicyclic) bond motifs is 1. The third kappa shape index (κ3) is 3.46. The molecule has 0 bridgehead atoms. The average Bonchev–Trinajstić information content (AvgIpc) is 2.60. The van der Waals surface area contributed by atoms with Crippen molar-refractivity contribution in [1.29, 1.82) is 0 Å². The van der Waals surface area contributed by atoms with Crippen LogP contribution in [0.5, 0.6) is 0 Å². The van der Waals surface area contributed by atoms with Gasteiger partial charge >= 0.3 is 0 Å². The van der Waals surface area contributed by atoms with Gasteiger partial charge in [-0.3, -0.25) is 0 Å². The van der Waals surface area contributed by atoms with Crippen molar-refractivity contribution in [3.63, 3.8) is 0 Å². The normalized spacial score (nSPS) is 10.4. The third-order valence-corrected chi connectivity index (χ3v) is 3.66. The Morgan fingerprint density at radius 2 is 1.79 bits per heavy atom. The van der Waals surface area contributed by atoms with Crippen LogP contribution in [0.2, 0.25) is 0 Å². The topological polar surface area (TPSA) is 53.1 Å². The molecule has 0 unspecified atom stereocenters. The molecule has 0 radical (unpaired) electrons. The highest BCUT2D eigenvalue weighted by Gasteiger charge is 2.07. The van der Waals surface area contributed by atoms with E-state index in [-0.39, 0.29) is 0 Å². The Balaban J connectivity index is 1.92. The summed E-state index contributed by atoms with van der Waals surface area (Å²) in [6.45, 7) is 4.39. The number of aromatic nitrogens is 2. The van der Waals surface area contributed by atoms with E-state index in [0.717, 1.165) is 28.1 Å². The number of hydrogen-bond donors (Lipinski definition) is 2. The molecule has 5 nitrogen and oxygen atoms in total. The zero-order valence-electron chi connectivity index (χ0n) is 14.0. The van der Waals surface area contributed by atoms with Crippen LogP contribution in [0.4, 0.5) is 23.1 Å². The van der Waals surface area contributed by atoms with E-state index in [2.05, 4.69) is 44.2 Å². The first kappa shape index (κ1) is 15.8. The van der Waals surface area contributed by atoms with E-state index < -0.39 is 0 Å². The quantitative estimate of drug-likeness (QED) is 0.672. The standard InChI is InChI=1S/C19H21N5/c1-4-13-20-18-16-7-5-6-8-17(16)22-19(23-18)21-14-9-11-15(12-10-14)24(2)3/h4-12H,1,13H2,2-3H3,(H2,20,21,22,23). The highest BCUT2D eigenvalue weighted by atomic mass is 15.1. The molecule has 24 heavy (non-hydrogen) atoms. The molecule has 1 aromatic heterocycles. The Bertz CT molecular complexity index is 840. The third-order valence-electron chi connectivity index (χ3n) is 3.66. The molecule has 3 rings (SSSR count). The van der Waals surface area contributed by atoms with Crippen molar-refractivity contribution in [2.45, 2.75) is 0 Å². The molecule has 3 aromatic rings. The predicted octanol–water partition coefficient (Wildman–Crippen LogP) is 4.04. The summed E-state index contributed by atoms with van der Waals surface area (Å²) >= 11 is 0. The predicted molar refractivity (Wildman–Crippen MR) is 102 cm³/mol. The summed E-state index contributed by atoms with van der Waals surface area (Å²) in [5, 5.41) is 7.54. The monoisotopic (exact) mass is 319 g/mol. The molecule has 0 fully saturated rings. The Kier molecular flexibility index (Phi) is 4.61. The average molecular weight is 319 g/mol. The van der Waals surface area contributed by atoms with E-state index >= 15 is 0 Å². The summed E-state index contributed by atoms with van der Waals surface area (Å²) in [5.74, 6) is 1.37. The molecular formula is C19H21N5. The van der Waals surface area contributed by atoms with Crippen molar-refractivity contribution >= 4 is 34.0 Å². The summed E-state index contributed by atoms with van der Waals surface area (Å²) in [6, 6.07) is 16.1. The first-order chi connectivity index (χ1) is 11.7. The Hall–Kier alpha value is -3.08. The van der Waals surface area contributed by atoms with Crippen LogP contribution in [0.15, 0.2) is 61.2 Å². The molecule has 0 aliphatic rings. The SMILES string of the molecule is C=CCNc1nc(Nc2ccc(N(C)C)cc2)nc2ccccc12. The van der Waals surface area contributed by atoms with Gasteiger partial charge in [-0.1, -0.05) is 18.2 Å². The van der Waals surface area contributed by atoms with E-state index in [1.165, 1.54) is 0 Å². The van der Waals surface area contributed by atoms with Gasteiger partial charge in [-0.2, -0.15) is 4.98 Å². The fraction of sp³-hybridized carbons (Fsp3) is 0.158. The zero-order valence-corrected chi connectivity index (χ0v) is 14.0. The van der Waals surface area contributed by atoms with Crippen molar-refractivity contribution in [3.05, 3.63) is 61.2 Å². The molecule has 0 saturated carbocycles. The molecule has 2 N–H and O–H groups in total. The number of nitrogens with one attached hydrogen (secondary N) is 2. The number of hydrogen-bond acceptors (Lipinski definition) is 5. The van der Waals surface area contributed by atoms with Crippen LogP contribution < -0.4 is 15.5 Å². The molecule has 5 heteroatoms. The van der Waals surface area contributed by atoms with Gasteiger partial charge in [0.2, 0.25) is 5.95 Å². The minimum Gasteiger partial charge on any atom is -0.378 e. The van der Waals surface area contributed by atoms with E-state index in [4.69, 9.17) is 0 Å². The lowest BCUT2D eigenvalue weighted by Gasteiger charge is -2.14. The van der Waals surface area contributed by atoms with Gasteiger partial charge in [-0.25, -0.2) is 4.98 Å². The highest BCUT2D eigenvalue weighted by Crippen LogP contribution is 2.24. The van der Waals surface area contributed by atoms with Crippen molar-refractivity contribution < 1.29 is 0 Å². The van der Waals surface area contributed by atoms with E-state index in [9.17, 15) is 0 Å². The number of para-hydroxylation sites is 1. The summed E-state index contributed by atoms with van der Waals surface area (Å²) < 4.78 is 0. The van der Waals surface area contributed by atoms with Crippen LogP contribution in [-0.4, -0.2) is 30.6 Å². The van der Waals surface area contributed by atoms with Crippen molar-refractivity contribution in [2.24, 2.45) is 0 Å². The molecule has 1 heterocycles. The van der Waals surface area contributed by atoms with E-state index in [1.54, 1.807) is 0 Å². The van der Waals surface area contributed by atoms with Crippen LogP contribution in [0.3, 0.4) is 0 Å². The molecule has 0 amide bonds. The Morgan fingerprint density at radius 1 is 1.04 bits per heavy atom. The maximum Gasteiger partial charge on any atom is 0.229 e. The van der Waals surface area contributed by atoms with Crippen LogP contribution in [-0.2, 0) is 0 Å². The fourth-order valence-corrected chi connectivity index (χ4v) is 2.41. The van der Waals surface area contributed by atoms with Crippen LogP contribution >= 0.6 is 0 Å². The zero-order chi connectivity index (χ0) is 16.9. The molecule has 0 spiro atoms. The molecule has 0 aliphatic carbocycles. The molecule has 2 aromatic carbocycles. The first-order valence-electron chi connectivity index (χ1n) is 7.83. The molecule has 122 valence electrons. The van der Waals surface area contributed by atoms with Gasteiger partial charge < -0.3 is 15.5 Å². The van der Waals surface area contributed by atoms with E-state index in [1.807, 2.05) is 56.6 Å². The number of anilines is 4. The maximum absolute atomic E-state index is 4.60. The van der Waals surface area contributed by atoms with Gasteiger partial charge in [0, 0.05) is 37.4 Å². The number of benzene rings is 2. The van der Waals surface area contributed by atoms with Crippen LogP contribution in [0, 0.1) is 0 Å². The van der Waals surface area contributed by atoms with Gasteiger partial charge in [0.05, 0.1) is 5.52 Å². The number of rotatable bonds is 6. The van der Waals surface area contributed by atoms with Gasteiger partial charge in [0.1, 0.15) is 5.82 Å². The van der Waals surface area contributed by atoms with Gasteiger partial charge in [0.25, 0.3) is 0 Å². The van der Waals surface area contributed by atoms with Gasteiger partial charge in [-0.15, -0.1) is 6.58 Å². The molecular weight excluding hydrogens is 298 g/mol. The minimum absolute atomic E-state index is 0.567. The largest absolute Gasteiger partial charge is 0.378 e. The van der Waals surface area contributed by atoms with Gasteiger partial charge in [0.15, 0.2) is 0 Å². The molecule has 0 saturated heterocycles. The van der Waals surface area contributed by atoms with Gasteiger partial charge in [-0.05, 0) is 36.4 Å². The summed E-state index contributed by atoms with van der Waals surface area (Å²) in [4.78, 5) is 11.3. The second-order valence-electron chi connectivity index (χ2n) is 5.65. The van der Waals surface area contributed by atoms with Crippen LogP contribution in [0.25, 0.3) is 10.9 Å². The number of nitrogens with zero attached hydrogens (tertiary/aromatic N) is 3. The lowest BCUT2D eigenvalue weighted by molar-refractivity contribution is 1.13. The van der Waals surface area contributed by atoms with Crippen molar-refractivity contribution in [2.75, 3.05) is 36.2 Å². The maximum atomic E-state index is 4.60.